The Labute approximate surface area is 173 Å². The van der Waals surface area contributed by atoms with Gasteiger partial charge in [-0.15, -0.1) is 0 Å². The van der Waals surface area contributed by atoms with Gasteiger partial charge in [-0.2, -0.15) is 0 Å². The Kier molecular flexibility index (Phi) is 5.46. The summed E-state index contributed by atoms with van der Waals surface area (Å²) < 4.78 is 11.5. The van der Waals surface area contributed by atoms with Gasteiger partial charge >= 0.3 is 0 Å². The number of carboxylic acids is 1. The zero-order valence-corrected chi connectivity index (χ0v) is 17.7. The highest BCUT2D eigenvalue weighted by molar-refractivity contribution is 6.32. The lowest BCUT2D eigenvalue weighted by Crippen LogP contribution is -2.38. The lowest BCUT2D eigenvalue weighted by Gasteiger charge is -2.20. The summed E-state index contributed by atoms with van der Waals surface area (Å²) in [5.41, 5.74) is 2.28. The van der Waals surface area contributed by atoms with Crippen molar-refractivity contribution in [2.75, 3.05) is 0 Å². The molecule has 0 saturated heterocycles. The number of aliphatic carboxylic acids is 1. The van der Waals surface area contributed by atoms with Crippen molar-refractivity contribution in [3.8, 4) is 17.1 Å². The van der Waals surface area contributed by atoms with Gasteiger partial charge in [-0.05, 0) is 42.5 Å². The minimum absolute atomic E-state index is 0.0422. The second-order valence-corrected chi connectivity index (χ2v) is 8.50. The van der Waals surface area contributed by atoms with Crippen LogP contribution in [0.5, 0.6) is 5.75 Å². The van der Waals surface area contributed by atoms with E-state index in [0.717, 1.165) is 11.1 Å². The van der Waals surface area contributed by atoms with Crippen molar-refractivity contribution >= 4 is 28.5 Å². The number of carboxylic acid groups (broad SMARTS) is 1. The molecule has 1 atom stereocenters. The van der Waals surface area contributed by atoms with Crippen LogP contribution >= 0.6 is 11.6 Å². The second-order valence-electron chi connectivity index (χ2n) is 8.09. The summed E-state index contributed by atoms with van der Waals surface area (Å²) in [6, 6.07) is 10.7. The molecular formula is C23H22ClO5-. The summed E-state index contributed by atoms with van der Waals surface area (Å²) in [7, 11) is 0. The highest BCUT2D eigenvalue weighted by Crippen LogP contribution is 2.34. The third-order valence-corrected chi connectivity index (χ3v) is 5.18. The van der Waals surface area contributed by atoms with E-state index in [-0.39, 0.29) is 22.3 Å². The molecule has 0 saturated carbocycles. The maximum atomic E-state index is 13.1. The van der Waals surface area contributed by atoms with Crippen LogP contribution < -0.4 is 15.3 Å². The van der Waals surface area contributed by atoms with Gasteiger partial charge in [0.2, 0.25) is 11.2 Å². The summed E-state index contributed by atoms with van der Waals surface area (Å²) in [6.07, 6.45) is -1.33. The highest BCUT2D eigenvalue weighted by atomic mass is 35.5. The lowest BCUT2D eigenvalue weighted by atomic mass is 9.86. The standard InChI is InChI=1S/C23H23ClO5/c1-12-10-18-16(11-17(12)24)19(25)21(28-13(2)22(26)27)20(29-18)14-6-8-15(9-7-14)23(3,4)5/h6-11,13H,1-5H3,(H,26,27)/p-1/t13-/m1/s1. The number of fused-ring (bicyclic) bond motifs is 1. The minimum Gasteiger partial charge on any atom is -0.546 e. The van der Waals surface area contributed by atoms with Crippen LogP contribution in [0.25, 0.3) is 22.3 Å². The Morgan fingerprint density at radius 1 is 1.17 bits per heavy atom. The van der Waals surface area contributed by atoms with Crippen LogP contribution in [0, 0.1) is 6.92 Å². The number of ether oxygens (including phenoxy) is 1. The molecule has 5 nitrogen and oxygen atoms in total. The van der Waals surface area contributed by atoms with Gasteiger partial charge in [0.05, 0.1) is 11.4 Å². The Bertz CT molecular complexity index is 1140. The fraction of sp³-hybridized carbons (Fsp3) is 0.304. The molecule has 0 fully saturated rings. The van der Waals surface area contributed by atoms with E-state index in [2.05, 4.69) is 20.8 Å². The van der Waals surface area contributed by atoms with Crippen molar-refractivity contribution in [1.82, 2.24) is 0 Å². The molecule has 0 aliphatic heterocycles. The van der Waals surface area contributed by atoms with Crippen molar-refractivity contribution < 1.29 is 19.1 Å². The zero-order valence-electron chi connectivity index (χ0n) is 17.0. The summed E-state index contributed by atoms with van der Waals surface area (Å²) >= 11 is 6.16. The molecular weight excluding hydrogens is 392 g/mol. The maximum Gasteiger partial charge on any atom is 0.235 e. The molecule has 1 heterocycles. The molecule has 0 N–H and O–H groups in total. The van der Waals surface area contributed by atoms with Gasteiger partial charge in [0.25, 0.3) is 0 Å². The van der Waals surface area contributed by atoms with E-state index in [0.29, 0.717) is 16.2 Å². The van der Waals surface area contributed by atoms with Gasteiger partial charge in [0.15, 0.2) is 5.76 Å². The molecule has 0 spiro atoms. The zero-order chi connectivity index (χ0) is 21.5. The van der Waals surface area contributed by atoms with Crippen molar-refractivity contribution in [3.05, 3.63) is 62.8 Å². The van der Waals surface area contributed by atoms with E-state index in [1.807, 2.05) is 31.2 Å². The summed E-state index contributed by atoms with van der Waals surface area (Å²) in [5.74, 6) is -1.45. The SMILES string of the molecule is Cc1cc2oc(-c3ccc(C(C)(C)C)cc3)c(O[C@H](C)C(=O)[O-])c(=O)c2cc1Cl. The number of rotatable bonds is 4. The van der Waals surface area contributed by atoms with Crippen LogP contribution in [0.3, 0.4) is 0 Å². The van der Waals surface area contributed by atoms with Gasteiger partial charge in [0, 0.05) is 10.6 Å². The van der Waals surface area contributed by atoms with E-state index < -0.39 is 17.5 Å². The van der Waals surface area contributed by atoms with Gasteiger partial charge < -0.3 is 19.1 Å². The summed E-state index contributed by atoms with van der Waals surface area (Å²) in [4.78, 5) is 24.3. The maximum absolute atomic E-state index is 13.1. The number of hydrogen-bond acceptors (Lipinski definition) is 5. The first-order valence-corrected chi connectivity index (χ1v) is 9.62. The molecule has 152 valence electrons. The largest absolute Gasteiger partial charge is 0.546 e. The molecule has 1 aromatic heterocycles. The first-order valence-electron chi connectivity index (χ1n) is 9.24. The van der Waals surface area contributed by atoms with E-state index in [1.54, 1.807) is 6.07 Å². The second kappa shape index (κ2) is 7.56. The van der Waals surface area contributed by atoms with Crippen molar-refractivity contribution in [3.63, 3.8) is 0 Å². The molecule has 0 amide bonds. The molecule has 29 heavy (non-hydrogen) atoms. The monoisotopic (exact) mass is 413 g/mol. The Morgan fingerprint density at radius 2 is 1.79 bits per heavy atom. The van der Waals surface area contributed by atoms with E-state index >= 15 is 0 Å². The summed E-state index contributed by atoms with van der Waals surface area (Å²) in [5, 5.41) is 11.8. The molecule has 0 unspecified atom stereocenters. The Balaban J connectivity index is 2.27. The molecule has 3 aromatic rings. The van der Waals surface area contributed by atoms with E-state index in [4.69, 9.17) is 20.8 Å². The van der Waals surface area contributed by atoms with E-state index in [1.165, 1.54) is 13.0 Å². The molecule has 6 heteroatoms. The molecule has 2 aromatic carbocycles. The number of halogens is 1. The summed E-state index contributed by atoms with van der Waals surface area (Å²) in [6.45, 7) is 9.40. The van der Waals surface area contributed by atoms with Crippen LogP contribution in [0.15, 0.2) is 45.6 Å². The van der Waals surface area contributed by atoms with Gasteiger partial charge in [-0.25, -0.2) is 0 Å². The van der Waals surface area contributed by atoms with Gasteiger partial charge in [-0.1, -0.05) is 56.6 Å². The Hall–Kier alpha value is -2.79. The average molecular weight is 414 g/mol. The van der Waals surface area contributed by atoms with Crippen molar-refractivity contribution in [2.45, 2.75) is 46.1 Å². The normalized spacial score (nSPS) is 12.8. The van der Waals surface area contributed by atoms with Crippen LogP contribution in [0.2, 0.25) is 5.02 Å². The molecule has 0 aliphatic rings. The smallest absolute Gasteiger partial charge is 0.235 e. The predicted octanol–water partition coefficient (Wildman–Crippen LogP) is 4.24. The van der Waals surface area contributed by atoms with Crippen molar-refractivity contribution in [1.29, 1.82) is 0 Å². The van der Waals surface area contributed by atoms with E-state index in [9.17, 15) is 14.7 Å². The molecule has 0 bridgehead atoms. The number of carbonyl (C=O) groups is 1. The fourth-order valence-electron chi connectivity index (χ4n) is 2.94. The first-order chi connectivity index (χ1) is 13.5. The predicted molar refractivity (Wildman–Crippen MR) is 111 cm³/mol. The average Bonchev–Trinajstić information content (AvgIpc) is 2.64. The Morgan fingerprint density at radius 3 is 2.34 bits per heavy atom. The molecule has 0 radical (unpaired) electrons. The fourth-order valence-corrected chi connectivity index (χ4v) is 3.11. The molecule has 3 rings (SSSR count). The number of aryl methyl sites for hydroxylation is 1. The van der Waals surface area contributed by atoms with Gasteiger partial charge in [0.1, 0.15) is 11.7 Å². The van der Waals surface area contributed by atoms with Crippen molar-refractivity contribution in [2.24, 2.45) is 0 Å². The number of benzene rings is 2. The van der Waals surface area contributed by atoms with Crippen LogP contribution in [-0.4, -0.2) is 12.1 Å². The third kappa shape index (κ3) is 4.15. The topological polar surface area (TPSA) is 79.6 Å². The third-order valence-electron chi connectivity index (χ3n) is 4.77. The molecule has 0 aliphatic carbocycles. The number of hydrogen-bond donors (Lipinski definition) is 0. The highest BCUT2D eigenvalue weighted by Gasteiger charge is 2.22. The van der Waals surface area contributed by atoms with Crippen LogP contribution in [0.4, 0.5) is 0 Å². The first kappa shape index (κ1) is 20.9. The quantitative estimate of drug-likeness (QED) is 0.639. The van der Waals surface area contributed by atoms with Crippen LogP contribution in [-0.2, 0) is 10.2 Å². The lowest BCUT2D eigenvalue weighted by molar-refractivity contribution is -0.312. The van der Waals surface area contributed by atoms with Gasteiger partial charge in [-0.3, -0.25) is 4.79 Å². The van der Waals surface area contributed by atoms with Crippen LogP contribution in [0.1, 0.15) is 38.8 Å². The minimum atomic E-state index is -1.43. The number of carbonyl (C=O) groups excluding carboxylic acids is 1.